The second kappa shape index (κ2) is 5.19. The first-order chi connectivity index (χ1) is 9.02. The normalized spacial score (nSPS) is 21.9. The van der Waals surface area contributed by atoms with Crippen LogP contribution in [0.3, 0.4) is 0 Å². The Hall–Kier alpha value is -2.22. The molecule has 0 saturated carbocycles. The Balaban J connectivity index is 2.02. The standard InChI is InChI=1S/C11H12FN3O4/c12-7-3-8(5-13-4-7)14-10(18)15-11(9(16)17)1-2-19-6-11/h3-5H,1-2,6H2,(H,16,17)(H2,14,15,18). The van der Waals surface area contributed by atoms with Crippen LogP contribution < -0.4 is 10.6 Å². The quantitative estimate of drug-likeness (QED) is 0.745. The van der Waals surface area contributed by atoms with Gasteiger partial charge in [-0.05, 0) is 0 Å². The van der Waals surface area contributed by atoms with E-state index in [0.717, 1.165) is 12.3 Å². The van der Waals surface area contributed by atoms with E-state index in [1.54, 1.807) is 0 Å². The Morgan fingerprint density at radius 2 is 2.26 bits per heavy atom. The summed E-state index contributed by atoms with van der Waals surface area (Å²) in [5.41, 5.74) is -1.30. The summed E-state index contributed by atoms with van der Waals surface area (Å²) in [4.78, 5) is 26.4. The first kappa shape index (κ1) is 13.2. The molecule has 0 radical (unpaired) electrons. The average molecular weight is 269 g/mol. The highest BCUT2D eigenvalue weighted by molar-refractivity contribution is 5.94. The molecule has 2 amide bonds. The lowest BCUT2D eigenvalue weighted by Crippen LogP contribution is -2.56. The largest absolute Gasteiger partial charge is 0.479 e. The number of rotatable bonds is 3. The van der Waals surface area contributed by atoms with Gasteiger partial charge in [0.05, 0.1) is 24.7 Å². The molecule has 0 aromatic carbocycles. The molecule has 1 unspecified atom stereocenters. The zero-order valence-electron chi connectivity index (χ0n) is 9.85. The van der Waals surface area contributed by atoms with Crippen molar-refractivity contribution in [3.63, 3.8) is 0 Å². The second-order valence-electron chi connectivity index (χ2n) is 4.16. The van der Waals surface area contributed by atoms with Gasteiger partial charge in [-0.1, -0.05) is 0 Å². The van der Waals surface area contributed by atoms with Crippen molar-refractivity contribution in [2.75, 3.05) is 18.5 Å². The fourth-order valence-electron chi connectivity index (χ4n) is 1.75. The van der Waals surface area contributed by atoms with Gasteiger partial charge in [0.25, 0.3) is 0 Å². The van der Waals surface area contributed by atoms with Crippen molar-refractivity contribution < 1.29 is 23.8 Å². The first-order valence-corrected chi connectivity index (χ1v) is 5.53. The third kappa shape index (κ3) is 2.97. The molecule has 2 heterocycles. The predicted octanol–water partition coefficient (Wildman–Crippen LogP) is 0.586. The molecule has 2 rings (SSSR count). The van der Waals surface area contributed by atoms with E-state index in [0.29, 0.717) is 0 Å². The SMILES string of the molecule is O=C(Nc1cncc(F)c1)NC1(C(=O)O)CCOC1. The maximum absolute atomic E-state index is 12.9. The molecule has 1 aromatic heterocycles. The maximum Gasteiger partial charge on any atom is 0.332 e. The van der Waals surface area contributed by atoms with Gasteiger partial charge in [0.2, 0.25) is 0 Å². The number of aromatic nitrogens is 1. The summed E-state index contributed by atoms with van der Waals surface area (Å²) in [5.74, 6) is -1.77. The van der Waals surface area contributed by atoms with E-state index in [1.165, 1.54) is 6.20 Å². The number of amides is 2. The summed E-state index contributed by atoms with van der Waals surface area (Å²) in [5, 5.41) is 13.8. The molecule has 19 heavy (non-hydrogen) atoms. The zero-order chi connectivity index (χ0) is 13.9. The second-order valence-corrected chi connectivity index (χ2v) is 4.16. The van der Waals surface area contributed by atoms with Crippen LogP contribution in [0, 0.1) is 5.82 Å². The summed E-state index contributed by atoms with van der Waals surface area (Å²) >= 11 is 0. The molecule has 1 fully saturated rings. The number of urea groups is 1. The van der Waals surface area contributed by atoms with Crippen LogP contribution in [0.1, 0.15) is 6.42 Å². The lowest BCUT2D eigenvalue weighted by Gasteiger charge is -2.23. The number of nitrogens with zero attached hydrogens (tertiary/aromatic N) is 1. The number of anilines is 1. The summed E-state index contributed by atoms with van der Waals surface area (Å²) in [6.07, 6.45) is 2.42. The van der Waals surface area contributed by atoms with Gasteiger partial charge in [-0.25, -0.2) is 14.0 Å². The Morgan fingerprint density at radius 3 is 2.84 bits per heavy atom. The number of carboxylic acids is 1. The van der Waals surface area contributed by atoms with Crippen LogP contribution in [0.25, 0.3) is 0 Å². The maximum atomic E-state index is 12.9. The molecule has 1 saturated heterocycles. The first-order valence-electron chi connectivity index (χ1n) is 5.53. The molecule has 1 aromatic rings. The highest BCUT2D eigenvalue weighted by Crippen LogP contribution is 2.19. The van der Waals surface area contributed by atoms with Gasteiger partial charge in [0.15, 0.2) is 5.54 Å². The number of aliphatic carboxylic acids is 1. The molecule has 7 nitrogen and oxygen atoms in total. The number of carbonyl (C=O) groups is 2. The minimum atomic E-state index is -1.44. The molecular weight excluding hydrogens is 257 g/mol. The van der Waals surface area contributed by atoms with Crippen molar-refractivity contribution in [1.82, 2.24) is 10.3 Å². The predicted molar refractivity (Wildman–Crippen MR) is 62.2 cm³/mol. The molecule has 0 spiro atoms. The Kier molecular flexibility index (Phi) is 3.61. The van der Waals surface area contributed by atoms with Crippen LogP contribution in [0.4, 0.5) is 14.9 Å². The molecule has 1 aliphatic heterocycles. The van der Waals surface area contributed by atoms with Gasteiger partial charge in [-0.15, -0.1) is 0 Å². The fourth-order valence-corrected chi connectivity index (χ4v) is 1.75. The number of hydrogen-bond donors (Lipinski definition) is 3. The number of carboxylic acid groups (broad SMARTS) is 1. The van der Waals surface area contributed by atoms with Crippen LogP contribution in [0.2, 0.25) is 0 Å². The van der Waals surface area contributed by atoms with Crippen molar-refractivity contribution >= 4 is 17.7 Å². The van der Waals surface area contributed by atoms with E-state index in [9.17, 15) is 14.0 Å². The molecule has 1 aliphatic rings. The number of halogens is 1. The highest BCUT2D eigenvalue weighted by Gasteiger charge is 2.44. The van der Waals surface area contributed by atoms with Gasteiger partial charge in [0.1, 0.15) is 5.82 Å². The van der Waals surface area contributed by atoms with E-state index >= 15 is 0 Å². The molecule has 3 N–H and O–H groups in total. The van der Waals surface area contributed by atoms with Gasteiger partial charge in [0, 0.05) is 19.1 Å². The molecule has 102 valence electrons. The Labute approximate surface area is 107 Å². The third-order valence-electron chi connectivity index (χ3n) is 2.75. The van der Waals surface area contributed by atoms with Crippen molar-refractivity contribution in [3.8, 4) is 0 Å². The zero-order valence-corrected chi connectivity index (χ0v) is 9.85. The lowest BCUT2D eigenvalue weighted by molar-refractivity contribution is -0.144. The van der Waals surface area contributed by atoms with Crippen LogP contribution >= 0.6 is 0 Å². The number of pyridine rings is 1. The lowest BCUT2D eigenvalue weighted by atomic mass is 9.99. The minimum Gasteiger partial charge on any atom is -0.479 e. The fraction of sp³-hybridized carbons (Fsp3) is 0.364. The summed E-state index contributed by atoms with van der Waals surface area (Å²) in [6, 6.07) is 0.325. The monoisotopic (exact) mass is 269 g/mol. The molecule has 1 atom stereocenters. The van der Waals surface area contributed by atoms with E-state index in [-0.39, 0.29) is 25.3 Å². The number of ether oxygens (including phenoxy) is 1. The molecule has 0 aliphatic carbocycles. The number of hydrogen-bond acceptors (Lipinski definition) is 4. The van der Waals surface area contributed by atoms with Crippen LogP contribution in [-0.4, -0.2) is 40.8 Å². The summed E-state index contributed by atoms with van der Waals surface area (Å²) < 4.78 is 17.9. The van der Waals surface area contributed by atoms with Gasteiger partial charge in [-0.3, -0.25) is 4.98 Å². The Morgan fingerprint density at radius 1 is 1.47 bits per heavy atom. The van der Waals surface area contributed by atoms with Crippen molar-refractivity contribution in [2.24, 2.45) is 0 Å². The third-order valence-corrected chi connectivity index (χ3v) is 2.75. The summed E-state index contributed by atoms with van der Waals surface area (Å²) in [7, 11) is 0. The molecular formula is C11H12FN3O4. The number of carbonyl (C=O) groups excluding carboxylic acids is 1. The topological polar surface area (TPSA) is 101 Å². The minimum absolute atomic E-state index is 0.100. The molecule has 8 heteroatoms. The Bertz CT molecular complexity index is 502. The van der Waals surface area contributed by atoms with Crippen molar-refractivity contribution in [1.29, 1.82) is 0 Å². The van der Waals surface area contributed by atoms with E-state index in [2.05, 4.69) is 15.6 Å². The van der Waals surface area contributed by atoms with Gasteiger partial charge in [-0.2, -0.15) is 0 Å². The van der Waals surface area contributed by atoms with Gasteiger partial charge >= 0.3 is 12.0 Å². The summed E-state index contributed by atoms with van der Waals surface area (Å²) in [6.45, 7) is 0.158. The van der Waals surface area contributed by atoms with E-state index in [4.69, 9.17) is 9.84 Å². The van der Waals surface area contributed by atoms with Crippen molar-refractivity contribution in [2.45, 2.75) is 12.0 Å². The average Bonchev–Trinajstić information content (AvgIpc) is 2.78. The van der Waals surface area contributed by atoms with Crippen molar-refractivity contribution in [3.05, 3.63) is 24.3 Å². The van der Waals surface area contributed by atoms with Crippen LogP contribution in [0.15, 0.2) is 18.5 Å². The van der Waals surface area contributed by atoms with Crippen LogP contribution in [0.5, 0.6) is 0 Å². The highest BCUT2D eigenvalue weighted by atomic mass is 19.1. The van der Waals surface area contributed by atoms with E-state index < -0.39 is 23.4 Å². The van der Waals surface area contributed by atoms with E-state index in [1.807, 2.05) is 0 Å². The smallest absolute Gasteiger partial charge is 0.332 e. The van der Waals surface area contributed by atoms with Crippen LogP contribution in [-0.2, 0) is 9.53 Å². The van der Waals surface area contributed by atoms with Gasteiger partial charge < -0.3 is 20.5 Å². The number of nitrogens with one attached hydrogen (secondary N) is 2. The molecule has 0 bridgehead atoms.